The van der Waals surface area contributed by atoms with Crippen LogP contribution >= 0.6 is 11.6 Å². The molecule has 4 heteroatoms. The molecule has 76 valence electrons. The third-order valence-electron chi connectivity index (χ3n) is 1.94. The van der Waals surface area contributed by atoms with Crippen molar-refractivity contribution in [3.63, 3.8) is 0 Å². The average Bonchev–Trinajstić information content (AvgIpc) is 2.11. The van der Waals surface area contributed by atoms with E-state index in [9.17, 15) is 9.18 Å². The molecule has 0 aliphatic rings. The molecule has 1 rings (SSSR count). The molecule has 0 bridgehead atoms. The molecule has 0 spiro atoms. The van der Waals surface area contributed by atoms with Gasteiger partial charge in [-0.25, -0.2) is 4.39 Å². The summed E-state index contributed by atoms with van der Waals surface area (Å²) in [5, 5.41) is -0.0315. The van der Waals surface area contributed by atoms with Crippen molar-refractivity contribution in [3.8, 4) is 0 Å². The minimum absolute atomic E-state index is 0.0315. The Morgan fingerprint density at radius 1 is 1.57 bits per heavy atom. The van der Waals surface area contributed by atoms with Crippen LogP contribution in [0.25, 0.3) is 0 Å². The predicted octanol–water partition coefficient (Wildman–Crippen LogP) is 2.32. The quantitative estimate of drug-likeness (QED) is 0.787. The van der Waals surface area contributed by atoms with Crippen LogP contribution in [0.15, 0.2) is 12.1 Å². The van der Waals surface area contributed by atoms with Crippen LogP contribution in [0.4, 0.5) is 4.39 Å². The van der Waals surface area contributed by atoms with Crippen LogP contribution in [-0.2, 0) is 0 Å². The van der Waals surface area contributed by atoms with Gasteiger partial charge in [-0.2, -0.15) is 0 Å². The van der Waals surface area contributed by atoms with E-state index in [-0.39, 0.29) is 23.8 Å². The van der Waals surface area contributed by atoms with Crippen LogP contribution in [0.2, 0.25) is 5.02 Å². The fourth-order valence-electron chi connectivity index (χ4n) is 1.21. The van der Waals surface area contributed by atoms with Gasteiger partial charge in [0.1, 0.15) is 5.82 Å². The number of nitrogens with two attached hydrogens (primary N) is 1. The summed E-state index contributed by atoms with van der Waals surface area (Å²) in [7, 11) is 0. The Bertz CT molecular complexity index is 365. The molecule has 0 unspecified atom stereocenters. The lowest BCUT2D eigenvalue weighted by atomic mass is 10.0. The number of benzene rings is 1. The Morgan fingerprint density at radius 2 is 2.21 bits per heavy atom. The van der Waals surface area contributed by atoms with Crippen LogP contribution < -0.4 is 5.73 Å². The second-order valence-corrected chi connectivity index (χ2v) is 3.45. The van der Waals surface area contributed by atoms with Crippen molar-refractivity contribution in [2.75, 3.05) is 6.54 Å². The van der Waals surface area contributed by atoms with Crippen molar-refractivity contribution in [1.29, 1.82) is 0 Å². The highest BCUT2D eigenvalue weighted by Gasteiger charge is 2.11. The topological polar surface area (TPSA) is 43.1 Å². The number of aryl methyl sites for hydroxylation is 1. The molecule has 1 aromatic rings. The minimum Gasteiger partial charge on any atom is -0.330 e. The van der Waals surface area contributed by atoms with E-state index >= 15 is 0 Å². The molecule has 0 saturated heterocycles. The number of carbonyl (C=O) groups excluding carboxylic acids is 1. The lowest BCUT2D eigenvalue weighted by molar-refractivity contribution is 0.0985. The van der Waals surface area contributed by atoms with Gasteiger partial charge < -0.3 is 5.73 Å². The molecule has 2 nitrogen and oxygen atoms in total. The fraction of sp³-hybridized carbons (Fsp3) is 0.300. The van der Waals surface area contributed by atoms with E-state index in [1.54, 1.807) is 6.92 Å². The van der Waals surface area contributed by atoms with Crippen molar-refractivity contribution in [2.24, 2.45) is 5.73 Å². The summed E-state index contributed by atoms with van der Waals surface area (Å²) in [5.74, 6) is -0.611. The Morgan fingerprint density at radius 3 is 2.79 bits per heavy atom. The van der Waals surface area contributed by atoms with Crippen LogP contribution in [0, 0.1) is 12.7 Å². The summed E-state index contributed by atoms with van der Waals surface area (Å²) in [6, 6.07) is 2.61. The molecule has 0 aliphatic heterocycles. The highest BCUT2D eigenvalue weighted by Crippen LogP contribution is 2.20. The van der Waals surface area contributed by atoms with E-state index in [1.165, 1.54) is 12.1 Å². The highest BCUT2D eigenvalue weighted by atomic mass is 35.5. The van der Waals surface area contributed by atoms with Gasteiger partial charge in [-0.3, -0.25) is 4.79 Å². The highest BCUT2D eigenvalue weighted by molar-refractivity contribution is 6.31. The Hall–Kier alpha value is -0.930. The molecule has 0 saturated carbocycles. The van der Waals surface area contributed by atoms with E-state index in [1.807, 2.05) is 0 Å². The lowest BCUT2D eigenvalue weighted by Crippen LogP contribution is -2.09. The smallest absolute Gasteiger partial charge is 0.164 e. The van der Waals surface area contributed by atoms with Gasteiger partial charge in [0.2, 0.25) is 0 Å². The standard InChI is InChI=1S/C10H11ClFNO/c1-6-4-9(12)8(11)5-7(6)10(14)2-3-13/h4-5H,2-3,13H2,1H3. The SMILES string of the molecule is Cc1cc(F)c(Cl)cc1C(=O)CCN. The van der Waals surface area contributed by atoms with Gasteiger partial charge in [-0.1, -0.05) is 11.6 Å². The third kappa shape index (κ3) is 2.30. The molecule has 1 aromatic carbocycles. The molecule has 0 heterocycles. The van der Waals surface area contributed by atoms with Crippen LogP contribution in [0.5, 0.6) is 0 Å². The molecule has 0 amide bonds. The number of hydrogen-bond acceptors (Lipinski definition) is 2. The zero-order valence-corrected chi connectivity index (χ0v) is 8.57. The average molecular weight is 216 g/mol. The summed E-state index contributed by atoms with van der Waals surface area (Å²) in [5.41, 5.74) is 6.29. The van der Waals surface area contributed by atoms with Crippen molar-refractivity contribution < 1.29 is 9.18 Å². The minimum atomic E-state index is -0.506. The van der Waals surface area contributed by atoms with E-state index in [0.29, 0.717) is 11.1 Å². The van der Waals surface area contributed by atoms with Gasteiger partial charge in [0, 0.05) is 12.0 Å². The summed E-state index contributed by atoms with van der Waals surface area (Å²) in [4.78, 5) is 11.5. The van der Waals surface area contributed by atoms with Crippen molar-refractivity contribution >= 4 is 17.4 Å². The second kappa shape index (κ2) is 4.53. The number of rotatable bonds is 3. The lowest BCUT2D eigenvalue weighted by Gasteiger charge is -2.05. The molecule has 0 aromatic heterocycles. The predicted molar refractivity (Wildman–Crippen MR) is 54.1 cm³/mol. The number of halogens is 2. The zero-order chi connectivity index (χ0) is 10.7. The third-order valence-corrected chi connectivity index (χ3v) is 2.23. The molecule has 0 fully saturated rings. The van der Waals surface area contributed by atoms with Crippen molar-refractivity contribution in [3.05, 3.63) is 34.1 Å². The zero-order valence-electron chi connectivity index (χ0n) is 7.81. The first kappa shape index (κ1) is 11.1. The largest absolute Gasteiger partial charge is 0.330 e. The Balaban J connectivity index is 3.09. The first-order valence-corrected chi connectivity index (χ1v) is 4.63. The van der Waals surface area contributed by atoms with Gasteiger partial charge in [0.25, 0.3) is 0 Å². The summed E-state index contributed by atoms with van der Waals surface area (Å²) in [6.07, 6.45) is 0.253. The summed E-state index contributed by atoms with van der Waals surface area (Å²) in [6.45, 7) is 1.95. The molecular weight excluding hydrogens is 205 g/mol. The first-order valence-electron chi connectivity index (χ1n) is 4.25. The monoisotopic (exact) mass is 215 g/mol. The van der Waals surface area contributed by atoms with E-state index in [0.717, 1.165) is 0 Å². The maximum absolute atomic E-state index is 12.9. The molecular formula is C10H11ClFNO. The molecule has 0 radical (unpaired) electrons. The summed E-state index contributed by atoms with van der Waals surface area (Å²) >= 11 is 5.57. The van der Waals surface area contributed by atoms with Gasteiger partial charge in [0.15, 0.2) is 5.78 Å². The number of Topliss-reactive ketones (excluding diaryl/α,β-unsaturated/α-hetero) is 1. The molecule has 2 N–H and O–H groups in total. The maximum Gasteiger partial charge on any atom is 0.164 e. The van der Waals surface area contributed by atoms with Gasteiger partial charge in [-0.05, 0) is 31.2 Å². The molecule has 0 aliphatic carbocycles. The van der Waals surface area contributed by atoms with Crippen LogP contribution in [-0.4, -0.2) is 12.3 Å². The number of carbonyl (C=O) groups is 1. The van der Waals surface area contributed by atoms with Crippen molar-refractivity contribution in [2.45, 2.75) is 13.3 Å². The first-order chi connectivity index (χ1) is 6.56. The van der Waals surface area contributed by atoms with Crippen LogP contribution in [0.1, 0.15) is 22.3 Å². The second-order valence-electron chi connectivity index (χ2n) is 3.04. The van der Waals surface area contributed by atoms with Gasteiger partial charge in [-0.15, -0.1) is 0 Å². The van der Waals surface area contributed by atoms with Gasteiger partial charge in [0.05, 0.1) is 5.02 Å². The summed E-state index contributed by atoms with van der Waals surface area (Å²) < 4.78 is 12.9. The fourth-order valence-corrected chi connectivity index (χ4v) is 1.38. The Labute approximate surface area is 86.9 Å². The number of ketones is 1. The van der Waals surface area contributed by atoms with E-state index in [4.69, 9.17) is 17.3 Å². The molecule has 0 atom stereocenters. The van der Waals surface area contributed by atoms with Gasteiger partial charge >= 0.3 is 0 Å². The normalized spacial score (nSPS) is 10.3. The van der Waals surface area contributed by atoms with Crippen molar-refractivity contribution in [1.82, 2.24) is 0 Å². The van der Waals surface area contributed by atoms with E-state index in [2.05, 4.69) is 0 Å². The van der Waals surface area contributed by atoms with Crippen LogP contribution in [0.3, 0.4) is 0 Å². The number of hydrogen-bond donors (Lipinski definition) is 1. The Kier molecular flexibility index (Phi) is 3.61. The van der Waals surface area contributed by atoms with E-state index < -0.39 is 5.82 Å². The maximum atomic E-state index is 12.9. The molecule has 14 heavy (non-hydrogen) atoms.